The third kappa shape index (κ3) is 2.62. The number of aromatic amines is 1. The Balaban J connectivity index is 1.88. The van der Waals surface area contributed by atoms with E-state index in [0.717, 1.165) is 12.1 Å². The molecule has 0 aromatic carbocycles. The third-order valence-electron chi connectivity index (χ3n) is 2.68. The van der Waals surface area contributed by atoms with E-state index in [1.807, 2.05) is 25.5 Å². The van der Waals surface area contributed by atoms with Crippen LogP contribution in [0.1, 0.15) is 5.56 Å². The molecule has 0 saturated carbocycles. The Morgan fingerprint density at radius 1 is 1.69 bits per heavy atom. The molecule has 0 radical (unpaired) electrons. The first-order valence-corrected chi connectivity index (χ1v) is 5.45. The Labute approximate surface area is 94.8 Å². The van der Waals surface area contributed by atoms with Gasteiger partial charge in [0, 0.05) is 32.5 Å². The van der Waals surface area contributed by atoms with Crippen LogP contribution in [0.2, 0.25) is 0 Å². The molecule has 1 unspecified atom stereocenters. The number of carbonyl (C=O) groups is 1. The molecule has 2 N–H and O–H groups in total. The average Bonchev–Trinajstić information content (AvgIpc) is 2.82. The molecule has 1 amide bonds. The van der Waals surface area contributed by atoms with Crippen LogP contribution in [-0.4, -0.2) is 48.6 Å². The molecule has 0 aliphatic carbocycles. The smallest absolute Gasteiger partial charge is 0.242 e. The van der Waals surface area contributed by atoms with Crippen molar-refractivity contribution in [2.75, 3.05) is 26.8 Å². The molecule has 88 valence electrons. The lowest BCUT2D eigenvalue weighted by molar-refractivity contribution is -0.135. The summed E-state index contributed by atoms with van der Waals surface area (Å²) in [5.74, 6) is 0.0842. The van der Waals surface area contributed by atoms with Crippen LogP contribution in [0.3, 0.4) is 0 Å². The summed E-state index contributed by atoms with van der Waals surface area (Å²) in [6, 6.07) is 1.77. The van der Waals surface area contributed by atoms with Gasteiger partial charge in [-0.3, -0.25) is 4.79 Å². The fraction of sp³-hybridized carbons (Fsp3) is 0.545. The third-order valence-corrected chi connectivity index (χ3v) is 2.68. The van der Waals surface area contributed by atoms with Gasteiger partial charge in [0.2, 0.25) is 5.91 Å². The molecule has 5 nitrogen and oxygen atoms in total. The second kappa shape index (κ2) is 5.14. The summed E-state index contributed by atoms with van der Waals surface area (Å²) in [7, 11) is 1.81. The molecule has 5 heteroatoms. The highest BCUT2D eigenvalue weighted by Gasteiger charge is 2.24. The molecule has 2 rings (SSSR count). The minimum atomic E-state index is -0.197. The molecule has 1 aromatic rings. The first-order chi connectivity index (χ1) is 7.77. The van der Waals surface area contributed by atoms with Gasteiger partial charge in [-0.15, -0.1) is 0 Å². The summed E-state index contributed by atoms with van der Waals surface area (Å²) < 4.78 is 5.27. The Hall–Kier alpha value is -1.33. The van der Waals surface area contributed by atoms with Gasteiger partial charge in [-0.1, -0.05) is 0 Å². The number of nitrogens with zero attached hydrogens (tertiary/aromatic N) is 1. The van der Waals surface area contributed by atoms with Crippen LogP contribution in [0.4, 0.5) is 0 Å². The van der Waals surface area contributed by atoms with Crippen molar-refractivity contribution in [3.8, 4) is 0 Å². The topological polar surface area (TPSA) is 57.4 Å². The van der Waals surface area contributed by atoms with E-state index in [2.05, 4.69) is 10.3 Å². The molecule has 0 spiro atoms. The second-order valence-corrected chi connectivity index (χ2v) is 4.00. The quantitative estimate of drug-likeness (QED) is 0.756. The van der Waals surface area contributed by atoms with Gasteiger partial charge in [0.25, 0.3) is 0 Å². The fourth-order valence-electron chi connectivity index (χ4n) is 1.80. The number of morpholine rings is 1. The molecule has 2 heterocycles. The Morgan fingerprint density at radius 2 is 2.56 bits per heavy atom. The number of ether oxygens (including phenoxy) is 1. The molecule has 0 bridgehead atoms. The largest absolute Gasteiger partial charge is 0.378 e. The lowest BCUT2D eigenvalue weighted by Crippen LogP contribution is -2.51. The van der Waals surface area contributed by atoms with Crippen molar-refractivity contribution >= 4 is 5.91 Å². The molecule has 1 saturated heterocycles. The minimum absolute atomic E-state index is 0.0842. The molecular weight excluding hydrogens is 206 g/mol. The summed E-state index contributed by atoms with van der Waals surface area (Å²) in [5.41, 5.74) is 1.10. The first-order valence-electron chi connectivity index (χ1n) is 5.45. The van der Waals surface area contributed by atoms with Crippen molar-refractivity contribution in [2.24, 2.45) is 0 Å². The number of nitrogens with one attached hydrogen (secondary N) is 2. The summed E-state index contributed by atoms with van der Waals surface area (Å²) >= 11 is 0. The van der Waals surface area contributed by atoms with E-state index in [-0.39, 0.29) is 11.9 Å². The van der Waals surface area contributed by atoms with E-state index < -0.39 is 0 Å². The summed E-state index contributed by atoms with van der Waals surface area (Å²) in [5, 5.41) is 3.16. The Kier molecular flexibility index (Phi) is 3.58. The summed E-state index contributed by atoms with van der Waals surface area (Å²) in [6.07, 6.45) is 3.75. The SMILES string of the molecule is CN(Cc1cc[nH]c1)C(=O)C1COCCN1. The van der Waals surface area contributed by atoms with E-state index in [0.29, 0.717) is 19.8 Å². The van der Waals surface area contributed by atoms with Gasteiger partial charge in [0.15, 0.2) is 0 Å². The highest BCUT2D eigenvalue weighted by Crippen LogP contribution is 2.04. The van der Waals surface area contributed by atoms with Crippen LogP contribution in [0.5, 0.6) is 0 Å². The predicted molar refractivity (Wildman–Crippen MR) is 59.9 cm³/mol. The van der Waals surface area contributed by atoms with Crippen molar-refractivity contribution in [1.82, 2.24) is 15.2 Å². The highest BCUT2D eigenvalue weighted by atomic mass is 16.5. The maximum Gasteiger partial charge on any atom is 0.242 e. The van der Waals surface area contributed by atoms with E-state index >= 15 is 0 Å². The van der Waals surface area contributed by atoms with Gasteiger partial charge in [0.1, 0.15) is 6.04 Å². The van der Waals surface area contributed by atoms with Crippen LogP contribution >= 0.6 is 0 Å². The number of hydrogen-bond donors (Lipinski definition) is 2. The number of amides is 1. The molecule has 1 aromatic heterocycles. The van der Waals surface area contributed by atoms with Crippen molar-refractivity contribution in [1.29, 1.82) is 0 Å². The maximum absolute atomic E-state index is 12.0. The van der Waals surface area contributed by atoms with Crippen molar-refractivity contribution < 1.29 is 9.53 Å². The van der Waals surface area contributed by atoms with Gasteiger partial charge in [-0.05, 0) is 11.6 Å². The summed E-state index contributed by atoms with van der Waals surface area (Å²) in [4.78, 5) is 16.7. The van der Waals surface area contributed by atoms with Gasteiger partial charge in [-0.25, -0.2) is 0 Å². The number of rotatable bonds is 3. The Morgan fingerprint density at radius 3 is 3.19 bits per heavy atom. The van der Waals surface area contributed by atoms with Crippen LogP contribution in [0.25, 0.3) is 0 Å². The molecular formula is C11H17N3O2. The van der Waals surface area contributed by atoms with Crippen LogP contribution in [0, 0.1) is 0 Å². The predicted octanol–water partition coefficient (Wildman–Crippen LogP) is -0.0385. The lowest BCUT2D eigenvalue weighted by Gasteiger charge is -2.27. The van der Waals surface area contributed by atoms with E-state index in [1.165, 1.54) is 0 Å². The van der Waals surface area contributed by atoms with Crippen LogP contribution in [0.15, 0.2) is 18.5 Å². The van der Waals surface area contributed by atoms with Crippen molar-refractivity contribution in [2.45, 2.75) is 12.6 Å². The van der Waals surface area contributed by atoms with E-state index in [9.17, 15) is 4.79 Å². The van der Waals surface area contributed by atoms with E-state index in [1.54, 1.807) is 4.90 Å². The monoisotopic (exact) mass is 223 g/mol. The molecule has 1 fully saturated rings. The second-order valence-electron chi connectivity index (χ2n) is 4.00. The molecule has 1 atom stereocenters. The number of H-pyrrole nitrogens is 1. The molecule has 1 aliphatic heterocycles. The minimum Gasteiger partial charge on any atom is -0.378 e. The summed E-state index contributed by atoms with van der Waals surface area (Å²) in [6.45, 7) is 2.52. The van der Waals surface area contributed by atoms with E-state index in [4.69, 9.17) is 4.74 Å². The maximum atomic E-state index is 12.0. The zero-order chi connectivity index (χ0) is 11.4. The van der Waals surface area contributed by atoms with Crippen molar-refractivity contribution in [3.63, 3.8) is 0 Å². The number of aromatic nitrogens is 1. The molecule has 16 heavy (non-hydrogen) atoms. The lowest BCUT2D eigenvalue weighted by atomic mass is 10.2. The normalized spacial score (nSPS) is 20.7. The highest BCUT2D eigenvalue weighted by molar-refractivity contribution is 5.81. The first kappa shape index (κ1) is 11.2. The van der Waals surface area contributed by atoms with Gasteiger partial charge >= 0.3 is 0 Å². The fourth-order valence-corrected chi connectivity index (χ4v) is 1.80. The number of likely N-dealkylation sites (N-methyl/N-ethyl adjacent to an activating group) is 1. The standard InChI is InChI=1S/C11H17N3O2/c1-14(7-9-2-3-12-6-9)11(15)10-8-16-5-4-13-10/h2-3,6,10,12-13H,4-5,7-8H2,1H3. The zero-order valence-corrected chi connectivity index (χ0v) is 9.40. The Bertz CT molecular complexity index is 331. The van der Waals surface area contributed by atoms with Gasteiger partial charge in [0.05, 0.1) is 13.2 Å². The van der Waals surface area contributed by atoms with Crippen LogP contribution < -0.4 is 5.32 Å². The number of hydrogen-bond acceptors (Lipinski definition) is 3. The average molecular weight is 223 g/mol. The number of carbonyl (C=O) groups excluding carboxylic acids is 1. The van der Waals surface area contributed by atoms with Crippen LogP contribution in [-0.2, 0) is 16.1 Å². The van der Waals surface area contributed by atoms with Crippen molar-refractivity contribution in [3.05, 3.63) is 24.0 Å². The van der Waals surface area contributed by atoms with Gasteiger partial charge < -0.3 is 19.9 Å². The molecule has 1 aliphatic rings. The zero-order valence-electron chi connectivity index (χ0n) is 9.40. The van der Waals surface area contributed by atoms with Gasteiger partial charge in [-0.2, -0.15) is 0 Å².